The molecule has 0 radical (unpaired) electrons. The molecule has 5 aromatic carbocycles. The maximum Gasteiger partial charge on any atom is 0.177 e. The molecule has 0 fully saturated rings. The largest absolute Gasteiger partial charge is 0.308 e. The van der Waals surface area contributed by atoms with Crippen LogP contribution in [0.1, 0.15) is 11.4 Å². The molecule has 2 heterocycles. The summed E-state index contributed by atoms with van der Waals surface area (Å²) in [6.07, 6.45) is 0. The summed E-state index contributed by atoms with van der Waals surface area (Å²) in [6, 6.07) is 40.1. The van der Waals surface area contributed by atoms with Crippen molar-refractivity contribution in [2.45, 2.75) is 9.79 Å². The van der Waals surface area contributed by atoms with Crippen LogP contribution in [-0.2, 0) is 0 Å². The van der Waals surface area contributed by atoms with Gasteiger partial charge in [-0.1, -0.05) is 78.5 Å². The second kappa shape index (κ2) is 8.54. The van der Waals surface area contributed by atoms with E-state index in [4.69, 9.17) is 0 Å². The number of nitrogens with zero attached hydrogens (tertiary/aromatic N) is 5. The van der Waals surface area contributed by atoms with E-state index in [0.717, 1.165) is 38.7 Å². The number of rotatable bonds is 2. The van der Waals surface area contributed by atoms with Crippen LogP contribution in [0.15, 0.2) is 113 Å². The van der Waals surface area contributed by atoms with Crippen molar-refractivity contribution >= 4 is 39.6 Å². The first-order valence-corrected chi connectivity index (χ1v) is 13.6. The highest BCUT2D eigenvalue weighted by Gasteiger charge is 2.28. The molecule has 5 nitrogen and oxygen atoms in total. The summed E-state index contributed by atoms with van der Waals surface area (Å²) < 4.78 is 0. The van der Waals surface area contributed by atoms with Crippen LogP contribution in [0.2, 0.25) is 0 Å². The lowest BCUT2D eigenvalue weighted by molar-refractivity contribution is 1.15. The Hall–Kier alpha value is -5.43. The molecule has 40 heavy (non-hydrogen) atoms. The molecule has 0 unspecified atom stereocenters. The predicted molar refractivity (Wildman–Crippen MR) is 158 cm³/mol. The number of hydrogen-bond donors (Lipinski definition) is 0. The summed E-state index contributed by atoms with van der Waals surface area (Å²) in [5.41, 5.74) is 8.97. The molecule has 6 aromatic rings. The van der Waals surface area contributed by atoms with E-state index in [1.165, 1.54) is 21.2 Å². The third-order valence-electron chi connectivity index (χ3n) is 7.53. The van der Waals surface area contributed by atoms with E-state index in [0.29, 0.717) is 11.4 Å². The van der Waals surface area contributed by atoms with E-state index in [2.05, 4.69) is 106 Å². The number of fused-ring (bicyclic) bond motifs is 5. The number of anilines is 3. The number of nitriles is 2. The zero-order valence-corrected chi connectivity index (χ0v) is 21.8. The smallest absolute Gasteiger partial charge is 0.177 e. The van der Waals surface area contributed by atoms with Crippen molar-refractivity contribution in [1.29, 1.82) is 10.5 Å². The monoisotopic (exact) mass is 527 g/mol. The summed E-state index contributed by atoms with van der Waals surface area (Å²) in [6.45, 7) is 0. The van der Waals surface area contributed by atoms with Gasteiger partial charge in [-0.05, 0) is 52.9 Å². The van der Waals surface area contributed by atoms with Gasteiger partial charge in [-0.3, -0.25) is 0 Å². The molecule has 1 aliphatic heterocycles. The summed E-state index contributed by atoms with van der Waals surface area (Å²) in [4.78, 5) is 13.9. The molecular weight excluding hydrogens is 510 g/mol. The second-order valence-corrected chi connectivity index (χ2v) is 10.7. The van der Waals surface area contributed by atoms with Gasteiger partial charge in [0.1, 0.15) is 12.1 Å². The molecule has 0 saturated heterocycles. The Morgan fingerprint density at radius 3 is 1.77 bits per heavy atom. The molecule has 6 heteroatoms. The molecule has 0 saturated carbocycles. The lowest BCUT2D eigenvalue weighted by Crippen LogP contribution is -2.14. The van der Waals surface area contributed by atoms with Gasteiger partial charge in [-0.25, -0.2) is 9.97 Å². The van der Waals surface area contributed by atoms with Gasteiger partial charge in [0.25, 0.3) is 0 Å². The van der Waals surface area contributed by atoms with Gasteiger partial charge in [0, 0.05) is 32.0 Å². The zero-order chi connectivity index (χ0) is 26.8. The minimum Gasteiger partial charge on any atom is -0.308 e. The highest BCUT2D eigenvalue weighted by molar-refractivity contribution is 7.99. The van der Waals surface area contributed by atoms with Crippen LogP contribution in [0.5, 0.6) is 0 Å². The molecule has 0 bridgehead atoms. The normalized spacial score (nSPS) is 12.3. The first kappa shape index (κ1) is 22.5. The number of hydrogen-bond acceptors (Lipinski definition) is 6. The number of aromatic nitrogens is 2. The Morgan fingerprint density at radius 1 is 0.575 bits per heavy atom. The Balaban J connectivity index is 1.25. The third kappa shape index (κ3) is 3.15. The van der Waals surface area contributed by atoms with Crippen molar-refractivity contribution in [3.63, 3.8) is 0 Å². The molecule has 0 amide bonds. The molecule has 184 valence electrons. The van der Waals surface area contributed by atoms with Crippen molar-refractivity contribution in [2.75, 3.05) is 4.90 Å². The van der Waals surface area contributed by atoms with Crippen LogP contribution in [0.25, 0.3) is 44.4 Å². The molecule has 2 aliphatic rings. The summed E-state index contributed by atoms with van der Waals surface area (Å²) in [5.74, 6) is 0. The summed E-state index contributed by atoms with van der Waals surface area (Å²) in [5, 5.41) is 21.1. The van der Waals surface area contributed by atoms with Crippen LogP contribution in [0.3, 0.4) is 0 Å². The van der Waals surface area contributed by atoms with Gasteiger partial charge >= 0.3 is 0 Å². The van der Waals surface area contributed by atoms with E-state index in [9.17, 15) is 10.5 Å². The van der Waals surface area contributed by atoms with Gasteiger partial charge in [0.2, 0.25) is 0 Å². The minimum absolute atomic E-state index is 0.0566. The molecule has 1 aromatic heterocycles. The highest BCUT2D eigenvalue weighted by Crippen LogP contribution is 2.52. The zero-order valence-electron chi connectivity index (χ0n) is 21.0. The Morgan fingerprint density at radius 2 is 1.15 bits per heavy atom. The fourth-order valence-corrected chi connectivity index (χ4v) is 6.85. The van der Waals surface area contributed by atoms with Crippen LogP contribution in [-0.4, -0.2) is 9.97 Å². The van der Waals surface area contributed by atoms with Gasteiger partial charge in [-0.2, -0.15) is 10.5 Å². The van der Waals surface area contributed by atoms with Crippen LogP contribution >= 0.6 is 11.8 Å². The average molecular weight is 528 g/mol. The van der Waals surface area contributed by atoms with E-state index in [1.807, 2.05) is 24.3 Å². The third-order valence-corrected chi connectivity index (χ3v) is 8.66. The number of para-hydroxylation sites is 2. The Bertz CT molecular complexity index is 2030. The minimum atomic E-state index is 0.0566. The molecule has 0 spiro atoms. The first-order valence-electron chi connectivity index (χ1n) is 12.8. The lowest BCUT2D eigenvalue weighted by atomic mass is 9.94. The molecular formula is C34H17N5S. The van der Waals surface area contributed by atoms with Crippen molar-refractivity contribution in [1.82, 2.24) is 9.97 Å². The van der Waals surface area contributed by atoms with Gasteiger partial charge in [-0.15, -0.1) is 0 Å². The van der Waals surface area contributed by atoms with Crippen LogP contribution in [0.4, 0.5) is 17.1 Å². The van der Waals surface area contributed by atoms with Crippen molar-refractivity contribution in [3.05, 3.63) is 115 Å². The standard InChI is InChI=1S/C34H17N5S/c35-18-26-27(19-36)38-34-25-17-16-22(23-6-5-7-24(32(23)25)33(34)37-26)20-12-14-21(15-13-20)39-28-8-1-3-10-30(28)40-31-11-4-2-9-29(31)39/h1-17H. The first-order chi connectivity index (χ1) is 19.7. The van der Waals surface area contributed by atoms with Gasteiger partial charge in [0.15, 0.2) is 11.4 Å². The Kier molecular flexibility index (Phi) is 4.81. The molecule has 0 atom stereocenters. The van der Waals surface area contributed by atoms with Crippen molar-refractivity contribution < 1.29 is 0 Å². The summed E-state index contributed by atoms with van der Waals surface area (Å²) >= 11 is 1.80. The predicted octanol–water partition coefficient (Wildman–Crippen LogP) is 8.62. The van der Waals surface area contributed by atoms with Gasteiger partial charge < -0.3 is 4.90 Å². The average Bonchev–Trinajstić information content (AvgIpc) is 3.33. The fraction of sp³-hybridized carbons (Fsp3) is 0. The van der Waals surface area contributed by atoms with E-state index in [-0.39, 0.29) is 11.4 Å². The summed E-state index contributed by atoms with van der Waals surface area (Å²) in [7, 11) is 0. The maximum atomic E-state index is 9.50. The SMILES string of the molecule is N#Cc1nc2c(nc1C#N)-c1ccc(-c3ccc(N4c5ccccc5Sc5ccccc54)cc3)c3cccc-2c13. The quantitative estimate of drug-likeness (QED) is 0.224. The second-order valence-electron chi connectivity index (χ2n) is 9.65. The van der Waals surface area contributed by atoms with E-state index < -0.39 is 0 Å². The van der Waals surface area contributed by atoms with Crippen LogP contribution < -0.4 is 4.90 Å². The Labute approximate surface area is 234 Å². The molecule has 8 rings (SSSR count). The fourth-order valence-electron chi connectivity index (χ4n) is 5.79. The van der Waals surface area contributed by atoms with Gasteiger partial charge in [0.05, 0.1) is 22.8 Å². The number of benzene rings is 5. The molecule has 0 N–H and O–H groups in total. The van der Waals surface area contributed by atoms with E-state index >= 15 is 0 Å². The topological polar surface area (TPSA) is 76.6 Å². The highest BCUT2D eigenvalue weighted by atomic mass is 32.2. The van der Waals surface area contributed by atoms with E-state index in [1.54, 1.807) is 11.8 Å². The maximum absolute atomic E-state index is 9.50. The van der Waals surface area contributed by atoms with Crippen molar-refractivity contribution in [2.24, 2.45) is 0 Å². The lowest BCUT2D eigenvalue weighted by Gasteiger charge is -2.32. The molecule has 1 aliphatic carbocycles. The van der Waals surface area contributed by atoms with Crippen LogP contribution in [0, 0.1) is 22.7 Å². The van der Waals surface area contributed by atoms with Crippen molar-refractivity contribution in [3.8, 4) is 45.8 Å².